The van der Waals surface area contributed by atoms with E-state index in [0.29, 0.717) is 6.04 Å². The molecule has 7 nitrogen and oxygen atoms in total. The van der Waals surface area contributed by atoms with Gasteiger partial charge in [-0.2, -0.15) is 5.10 Å². The van der Waals surface area contributed by atoms with Crippen LogP contribution in [0.15, 0.2) is 54.7 Å². The Hall–Kier alpha value is -3.32. The van der Waals surface area contributed by atoms with E-state index >= 15 is 0 Å². The molecule has 3 N–H and O–H groups in total. The molecule has 2 heterocycles. The van der Waals surface area contributed by atoms with E-state index in [-0.39, 0.29) is 23.8 Å². The zero-order chi connectivity index (χ0) is 22.1. The number of fused-ring (bicyclic) bond motifs is 1. The van der Waals surface area contributed by atoms with Gasteiger partial charge in [0.25, 0.3) is 0 Å². The predicted octanol–water partition coefficient (Wildman–Crippen LogP) is 3.61. The summed E-state index contributed by atoms with van der Waals surface area (Å²) in [6.45, 7) is 1.09. The smallest absolute Gasteiger partial charge is 0.243 e. The molecule has 2 aromatic carbocycles. The highest BCUT2D eigenvalue weighted by Crippen LogP contribution is 2.35. The minimum absolute atomic E-state index is 0.0275. The van der Waals surface area contributed by atoms with Gasteiger partial charge in [0.2, 0.25) is 5.91 Å². The largest absolute Gasteiger partial charge is 0.508 e. The molecule has 1 atom stereocenters. The van der Waals surface area contributed by atoms with E-state index in [0.717, 1.165) is 53.6 Å². The maximum Gasteiger partial charge on any atom is 0.243 e. The molecular formula is C25H28N4O3. The molecule has 1 saturated carbocycles. The van der Waals surface area contributed by atoms with Crippen molar-refractivity contribution in [2.24, 2.45) is 0 Å². The number of likely N-dealkylation sites (N-methyl/N-ethyl adjacent to an activating group) is 1. The van der Waals surface area contributed by atoms with Gasteiger partial charge in [0, 0.05) is 31.0 Å². The number of carbonyl (C=O) groups excluding carboxylic acids is 1. The number of nitrogens with one attached hydrogen (secondary N) is 2. The molecule has 2 aliphatic rings. The molecule has 0 radical (unpaired) electrons. The Morgan fingerprint density at radius 2 is 2.06 bits per heavy atom. The van der Waals surface area contributed by atoms with E-state index in [2.05, 4.69) is 27.5 Å². The summed E-state index contributed by atoms with van der Waals surface area (Å²) < 4.78 is 6.29. The van der Waals surface area contributed by atoms with Gasteiger partial charge in [0.15, 0.2) is 0 Å². The van der Waals surface area contributed by atoms with Gasteiger partial charge in [0.1, 0.15) is 17.6 Å². The number of phenolic OH excluding ortho intramolecular Hbond substituents is 1. The number of aromatic nitrogens is 2. The van der Waals surface area contributed by atoms with Gasteiger partial charge in [-0.1, -0.05) is 18.2 Å². The number of rotatable bonds is 6. The van der Waals surface area contributed by atoms with E-state index in [1.807, 2.05) is 30.3 Å². The number of hydrogen-bond acceptors (Lipinski definition) is 5. The normalized spacial score (nSPS) is 23.5. The standard InChI is InChI=1S/C25H28N4O3/c1-29-10-2-3-19(29)6-9-25(31)27-18-13-21(14-18)32-24-12-17(11-23-22(24)15-26-28-23)16-4-7-20(30)8-5-16/h4-9,11-12,15,18-19,21,30H,2-3,10,13-14H2,1H3,(H,26,28)(H,27,31)/b9-6+/t18-,19-,21-/m1/s1. The number of carbonyl (C=O) groups is 1. The molecule has 7 heteroatoms. The number of ether oxygens (including phenoxy) is 1. The number of H-pyrrole nitrogens is 1. The van der Waals surface area contributed by atoms with Crippen molar-refractivity contribution in [3.63, 3.8) is 0 Å². The Morgan fingerprint density at radius 3 is 2.81 bits per heavy atom. The second-order valence-corrected chi connectivity index (χ2v) is 8.82. The van der Waals surface area contributed by atoms with Crippen LogP contribution in [0.5, 0.6) is 11.5 Å². The minimum Gasteiger partial charge on any atom is -0.508 e. The number of amides is 1. The predicted molar refractivity (Wildman–Crippen MR) is 124 cm³/mol. The average Bonchev–Trinajstić information content (AvgIpc) is 3.39. The topological polar surface area (TPSA) is 90.5 Å². The van der Waals surface area contributed by atoms with Crippen LogP contribution in [0.1, 0.15) is 25.7 Å². The molecule has 5 rings (SSSR count). The van der Waals surface area contributed by atoms with Gasteiger partial charge < -0.3 is 15.2 Å². The molecule has 0 bridgehead atoms. The summed E-state index contributed by atoms with van der Waals surface area (Å²) in [5.74, 6) is 0.985. The zero-order valence-corrected chi connectivity index (χ0v) is 18.1. The van der Waals surface area contributed by atoms with E-state index in [1.165, 1.54) is 6.42 Å². The molecule has 3 aromatic rings. The third kappa shape index (κ3) is 4.34. The Bertz CT molecular complexity index is 1130. The summed E-state index contributed by atoms with van der Waals surface area (Å²) in [7, 11) is 2.10. The van der Waals surface area contributed by atoms with Gasteiger partial charge in [-0.3, -0.25) is 14.8 Å². The van der Waals surface area contributed by atoms with Crippen LogP contribution < -0.4 is 10.1 Å². The maximum absolute atomic E-state index is 12.3. The fraction of sp³-hybridized carbons (Fsp3) is 0.360. The number of hydrogen-bond donors (Lipinski definition) is 3. The van der Waals surface area contributed by atoms with Crippen molar-refractivity contribution in [1.29, 1.82) is 0 Å². The molecular weight excluding hydrogens is 404 g/mol. The van der Waals surface area contributed by atoms with Crippen LogP contribution in [0.25, 0.3) is 22.0 Å². The highest BCUT2D eigenvalue weighted by Gasteiger charge is 2.32. The van der Waals surface area contributed by atoms with Crippen molar-refractivity contribution in [3.8, 4) is 22.6 Å². The van der Waals surface area contributed by atoms with Crippen LogP contribution in [0, 0.1) is 0 Å². The van der Waals surface area contributed by atoms with E-state index in [9.17, 15) is 9.90 Å². The first-order valence-corrected chi connectivity index (χ1v) is 11.2. The highest BCUT2D eigenvalue weighted by atomic mass is 16.5. The van der Waals surface area contributed by atoms with Crippen LogP contribution >= 0.6 is 0 Å². The average molecular weight is 433 g/mol. The molecule has 1 amide bonds. The first kappa shape index (κ1) is 20.6. The van der Waals surface area contributed by atoms with Gasteiger partial charge in [-0.15, -0.1) is 0 Å². The van der Waals surface area contributed by atoms with E-state index < -0.39 is 0 Å². The van der Waals surface area contributed by atoms with E-state index in [4.69, 9.17) is 4.74 Å². The third-order valence-corrected chi connectivity index (χ3v) is 6.50. The first-order valence-electron chi connectivity index (χ1n) is 11.2. The summed E-state index contributed by atoms with van der Waals surface area (Å²) in [6.07, 6.45) is 9.39. The van der Waals surface area contributed by atoms with Crippen LogP contribution in [0.3, 0.4) is 0 Å². The lowest BCUT2D eigenvalue weighted by Crippen LogP contribution is -2.48. The lowest BCUT2D eigenvalue weighted by atomic mass is 9.89. The number of aromatic hydroxyl groups is 1. The molecule has 2 fully saturated rings. The first-order chi connectivity index (χ1) is 15.5. The second kappa shape index (κ2) is 8.67. The van der Waals surface area contributed by atoms with Gasteiger partial charge in [-0.25, -0.2) is 0 Å². The number of benzene rings is 2. The van der Waals surface area contributed by atoms with E-state index in [1.54, 1.807) is 24.4 Å². The van der Waals surface area contributed by atoms with Crippen molar-refractivity contribution in [3.05, 3.63) is 54.7 Å². The lowest BCUT2D eigenvalue weighted by Gasteiger charge is -2.35. The summed E-state index contributed by atoms with van der Waals surface area (Å²) in [4.78, 5) is 14.5. The third-order valence-electron chi connectivity index (χ3n) is 6.50. The number of nitrogens with zero attached hydrogens (tertiary/aromatic N) is 2. The summed E-state index contributed by atoms with van der Waals surface area (Å²) in [5, 5.41) is 20.8. The van der Waals surface area contributed by atoms with Crippen molar-refractivity contribution < 1.29 is 14.6 Å². The summed E-state index contributed by atoms with van der Waals surface area (Å²) in [6, 6.07) is 11.6. The molecule has 1 aromatic heterocycles. The molecule has 0 unspecified atom stereocenters. The number of aromatic amines is 1. The van der Waals surface area contributed by atoms with Gasteiger partial charge in [0.05, 0.1) is 17.1 Å². The zero-order valence-electron chi connectivity index (χ0n) is 18.1. The highest BCUT2D eigenvalue weighted by molar-refractivity contribution is 5.90. The van der Waals surface area contributed by atoms with Gasteiger partial charge in [-0.05, 0) is 61.8 Å². The van der Waals surface area contributed by atoms with Crippen molar-refractivity contribution in [2.75, 3.05) is 13.6 Å². The maximum atomic E-state index is 12.3. The molecule has 1 saturated heterocycles. The lowest BCUT2D eigenvalue weighted by molar-refractivity contribution is -0.118. The fourth-order valence-corrected chi connectivity index (χ4v) is 4.52. The molecule has 1 aliphatic heterocycles. The molecule has 166 valence electrons. The second-order valence-electron chi connectivity index (χ2n) is 8.82. The Kier molecular flexibility index (Phi) is 5.57. The Labute approximate surface area is 187 Å². The Balaban J connectivity index is 1.20. The van der Waals surface area contributed by atoms with Gasteiger partial charge >= 0.3 is 0 Å². The molecule has 0 spiro atoms. The summed E-state index contributed by atoms with van der Waals surface area (Å²) in [5.41, 5.74) is 2.88. The van der Waals surface area contributed by atoms with Crippen LogP contribution in [-0.4, -0.2) is 57.9 Å². The fourth-order valence-electron chi connectivity index (χ4n) is 4.52. The SMILES string of the molecule is CN1CCC[C@@H]1/C=C/C(=O)N[C@H]1C[C@H](Oc2cc(-c3ccc(O)cc3)cc3[nH]ncc23)C1. The quantitative estimate of drug-likeness (QED) is 0.518. The summed E-state index contributed by atoms with van der Waals surface area (Å²) >= 11 is 0. The number of likely N-dealkylation sites (tertiary alicyclic amines) is 1. The van der Waals surface area contributed by atoms with Crippen LogP contribution in [-0.2, 0) is 4.79 Å². The van der Waals surface area contributed by atoms with Crippen LogP contribution in [0.4, 0.5) is 0 Å². The van der Waals surface area contributed by atoms with Crippen molar-refractivity contribution >= 4 is 16.8 Å². The van der Waals surface area contributed by atoms with Crippen molar-refractivity contribution in [1.82, 2.24) is 20.4 Å². The monoisotopic (exact) mass is 432 g/mol. The minimum atomic E-state index is -0.0275. The Morgan fingerprint density at radius 1 is 1.25 bits per heavy atom. The molecule has 32 heavy (non-hydrogen) atoms. The molecule has 1 aliphatic carbocycles. The van der Waals surface area contributed by atoms with Crippen molar-refractivity contribution in [2.45, 2.75) is 43.9 Å². The van der Waals surface area contributed by atoms with Crippen LogP contribution in [0.2, 0.25) is 0 Å². The number of phenols is 1.